The van der Waals surface area contributed by atoms with Gasteiger partial charge in [-0.2, -0.15) is 5.26 Å². The first kappa shape index (κ1) is 13.2. The largest absolute Gasteiger partial charge is 0.336 e. The van der Waals surface area contributed by atoms with Crippen LogP contribution in [-0.2, 0) is 10.0 Å². The molecular formula is C11H12N4O3S. The van der Waals surface area contributed by atoms with E-state index < -0.39 is 15.8 Å². The number of sulfonamides is 1. The first-order valence-electron chi connectivity index (χ1n) is 5.55. The molecule has 1 saturated heterocycles. The molecule has 1 aliphatic heterocycles. The molecule has 0 bridgehead atoms. The maximum atomic E-state index is 11.4. The number of benzene rings is 1. The van der Waals surface area contributed by atoms with Crippen molar-refractivity contribution in [2.24, 2.45) is 0 Å². The normalized spacial score (nSPS) is 14.9. The highest BCUT2D eigenvalue weighted by molar-refractivity contribution is 7.92. The van der Waals surface area contributed by atoms with Crippen molar-refractivity contribution in [3.63, 3.8) is 0 Å². The number of carbonyl (C=O) groups excluding carboxylic acids is 1. The minimum atomic E-state index is -3.63. The van der Waals surface area contributed by atoms with Crippen molar-refractivity contribution in [1.82, 2.24) is 5.32 Å². The molecule has 100 valence electrons. The van der Waals surface area contributed by atoms with Crippen molar-refractivity contribution in [3.05, 3.63) is 24.3 Å². The lowest BCUT2D eigenvalue weighted by Crippen LogP contribution is -2.27. The Kier molecular flexibility index (Phi) is 3.57. The van der Waals surface area contributed by atoms with E-state index in [2.05, 4.69) is 10.0 Å². The van der Waals surface area contributed by atoms with Crippen LogP contribution in [0.4, 0.5) is 16.2 Å². The fraction of sp³-hybridized carbons (Fsp3) is 0.273. The molecule has 19 heavy (non-hydrogen) atoms. The van der Waals surface area contributed by atoms with Gasteiger partial charge < -0.3 is 5.32 Å². The van der Waals surface area contributed by atoms with E-state index in [1.165, 1.54) is 0 Å². The molecular weight excluding hydrogens is 268 g/mol. The Morgan fingerprint density at radius 2 is 2.05 bits per heavy atom. The number of anilines is 2. The molecule has 2 rings (SSSR count). The zero-order valence-electron chi connectivity index (χ0n) is 9.96. The SMILES string of the molecule is N#CCS(=O)(=O)Nc1ccc(N2CCNC2=O)cc1. The topological polar surface area (TPSA) is 102 Å². The second-order valence-electron chi connectivity index (χ2n) is 3.95. The first-order valence-corrected chi connectivity index (χ1v) is 7.20. The Hall–Kier alpha value is -2.27. The summed E-state index contributed by atoms with van der Waals surface area (Å²) in [4.78, 5) is 13.0. The first-order chi connectivity index (χ1) is 9.02. The Labute approximate surface area is 110 Å². The van der Waals surface area contributed by atoms with Crippen molar-refractivity contribution >= 4 is 27.4 Å². The lowest BCUT2D eigenvalue weighted by molar-refractivity contribution is 0.252. The van der Waals surface area contributed by atoms with Crippen LogP contribution in [0.1, 0.15) is 0 Å². The molecule has 7 nitrogen and oxygen atoms in total. The van der Waals surface area contributed by atoms with Crippen molar-refractivity contribution in [3.8, 4) is 6.07 Å². The summed E-state index contributed by atoms with van der Waals surface area (Å²) in [7, 11) is -3.63. The van der Waals surface area contributed by atoms with Crippen LogP contribution in [0.3, 0.4) is 0 Å². The smallest absolute Gasteiger partial charge is 0.321 e. The number of carbonyl (C=O) groups is 1. The van der Waals surface area contributed by atoms with Gasteiger partial charge in [0.15, 0.2) is 5.75 Å². The summed E-state index contributed by atoms with van der Waals surface area (Å²) >= 11 is 0. The second-order valence-corrected chi connectivity index (χ2v) is 5.67. The average Bonchev–Trinajstić information content (AvgIpc) is 2.76. The summed E-state index contributed by atoms with van der Waals surface area (Å²) in [6, 6.07) is 7.81. The highest BCUT2D eigenvalue weighted by atomic mass is 32.2. The zero-order valence-corrected chi connectivity index (χ0v) is 10.8. The summed E-state index contributed by atoms with van der Waals surface area (Å²) in [5.41, 5.74) is 1.05. The van der Waals surface area contributed by atoms with Crippen molar-refractivity contribution < 1.29 is 13.2 Å². The molecule has 2 amide bonds. The Balaban J connectivity index is 2.11. The zero-order chi connectivity index (χ0) is 13.9. The van der Waals surface area contributed by atoms with E-state index in [0.29, 0.717) is 24.5 Å². The predicted molar refractivity (Wildman–Crippen MR) is 70.2 cm³/mol. The maximum absolute atomic E-state index is 11.4. The molecule has 2 N–H and O–H groups in total. The van der Waals surface area contributed by atoms with E-state index in [-0.39, 0.29) is 6.03 Å². The summed E-state index contributed by atoms with van der Waals surface area (Å²) in [5, 5.41) is 11.1. The number of nitrogens with zero attached hydrogens (tertiary/aromatic N) is 2. The van der Waals surface area contributed by atoms with Gasteiger partial charge in [-0.1, -0.05) is 0 Å². The van der Waals surface area contributed by atoms with Crippen molar-refractivity contribution in [1.29, 1.82) is 5.26 Å². The van der Waals surface area contributed by atoms with E-state index in [4.69, 9.17) is 5.26 Å². The molecule has 0 saturated carbocycles. The molecule has 0 radical (unpaired) electrons. The van der Waals surface area contributed by atoms with Gasteiger partial charge in [0.05, 0.1) is 6.07 Å². The van der Waals surface area contributed by atoms with Gasteiger partial charge in [0.2, 0.25) is 10.0 Å². The molecule has 1 aliphatic rings. The van der Waals surface area contributed by atoms with Crippen LogP contribution in [-0.4, -0.2) is 33.3 Å². The Morgan fingerprint density at radius 1 is 1.37 bits per heavy atom. The Morgan fingerprint density at radius 3 is 2.58 bits per heavy atom. The van der Waals surface area contributed by atoms with Crippen LogP contribution in [0.2, 0.25) is 0 Å². The van der Waals surface area contributed by atoms with Gasteiger partial charge in [0, 0.05) is 24.5 Å². The molecule has 0 aliphatic carbocycles. The number of nitrogens with one attached hydrogen (secondary N) is 2. The van der Waals surface area contributed by atoms with E-state index in [1.54, 1.807) is 35.2 Å². The minimum Gasteiger partial charge on any atom is -0.336 e. The van der Waals surface area contributed by atoms with Gasteiger partial charge in [-0.05, 0) is 24.3 Å². The van der Waals surface area contributed by atoms with Crippen LogP contribution in [0.5, 0.6) is 0 Å². The van der Waals surface area contributed by atoms with Crippen LogP contribution in [0, 0.1) is 11.3 Å². The quantitative estimate of drug-likeness (QED) is 0.837. The third-order valence-electron chi connectivity index (χ3n) is 2.56. The molecule has 8 heteroatoms. The van der Waals surface area contributed by atoms with Gasteiger partial charge >= 0.3 is 6.03 Å². The fourth-order valence-corrected chi connectivity index (χ4v) is 2.47. The number of hydrogen-bond donors (Lipinski definition) is 2. The molecule has 0 unspecified atom stereocenters. The van der Waals surface area contributed by atoms with Crippen molar-refractivity contribution in [2.45, 2.75) is 0 Å². The van der Waals surface area contributed by atoms with E-state index in [9.17, 15) is 13.2 Å². The Bertz CT molecular complexity index is 618. The van der Waals surface area contributed by atoms with Crippen LogP contribution >= 0.6 is 0 Å². The molecule has 0 spiro atoms. The monoisotopic (exact) mass is 280 g/mol. The lowest BCUT2D eigenvalue weighted by atomic mass is 10.2. The second kappa shape index (κ2) is 5.16. The van der Waals surface area contributed by atoms with Gasteiger partial charge in [-0.3, -0.25) is 9.62 Å². The molecule has 1 fully saturated rings. The molecule has 1 aromatic carbocycles. The van der Waals surface area contributed by atoms with Gasteiger partial charge in [0.25, 0.3) is 0 Å². The van der Waals surface area contributed by atoms with Crippen LogP contribution in [0.25, 0.3) is 0 Å². The maximum Gasteiger partial charge on any atom is 0.321 e. The number of rotatable bonds is 4. The summed E-state index contributed by atoms with van der Waals surface area (Å²) < 4.78 is 25.0. The third kappa shape index (κ3) is 3.14. The van der Waals surface area contributed by atoms with E-state index in [0.717, 1.165) is 0 Å². The highest BCUT2D eigenvalue weighted by Crippen LogP contribution is 2.20. The summed E-state index contributed by atoms with van der Waals surface area (Å²) in [5.74, 6) is -0.594. The summed E-state index contributed by atoms with van der Waals surface area (Å²) in [6.45, 7) is 1.17. The van der Waals surface area contributed by atoms with E-state index >= 15 is 0 Å². The number of amides is 2. The van der Waals surface area contributed by atoms with Gasteiger partial charge in [-0.15, -0.1) is 0 Å². The fourth-order valence-electron chi connectivity index (χ4n) is 1.73. The number of urea groups is 1. The van der Waals surface area contributed by atoms with Crippen molar-refractivity contribution in [2.75, 3.05) is 28.5 Å². The third-order valence-corrected chi connectivity index (χ3v) is 3.62. The van der Waals surface area contributed by atoms with Gasteiger partial charge in [-0.25, -0.2) is 13.2 Å². The van der Waals surface area contributed by atoms with E-state index in [1.807, 2.05) is 0 Å². The molecule has 1 aromatic rings. The van der Waals surface area contributed by atoms with Gasteiger partial charge in [0.1, 0.15) is 0 Å². The number of hydrogen-bond acceptors (Lipinski definition) is 4. The minimum absolute atomic E-state index is 0.169. The highest BCUT2D eigenvalue weighted by Gasteiger charge is 2.20. The van der Waals surface area contributed by atoms with Crippen LogP contribution in [0.15, 0.2) is 24.3 Å². The standard InChI is InChI=1S/C11H12N4O3S/c12-5-8-19(17,18)14-9-1-3-10(4-2-9)15-7-6-13-11(15)16/h1-4,14H,6-8H2,(H,13,16). The lowest BCUT2D eigenvalue weighted by Gasteiger charge is -2.14. The average molecular weight is 280 g/mol. The number of nitriles is 1. The summed E-state index contributed by atoms with van der Waals surface area (Å²) in [6.07, 6.45) is 0. The van der Waals surface area contributed by atoms with Crippen LogP contribution < -0.4 is 14.9 Å². The molecule has 0 aromatic heterocycles. The molecule has 0 atom stereocenters. The molecule has 1 heterocycles. The predicted octanol–water partition coefficient (Wildman–Crippen LogP) is 0.481.